The molecule has 6 nitrogen and oxygen atoms in total. The van der Waals surface area contributed by atoms with Gasteiger partial charge in [-0.2, -0.15) is 0 Å². The summed E-state index contributed by atoms with van der Waals surface area (Å²) >= 11 is 0. The molecule has 0 heterocycles. The van der Waals surface area contributed by atoms with Crippen molar-refractivity contribution in [1.29, 1.82) is 0 Å². The van der Waals surface area contributed by atoms with E-state index in [0.717, 1.165) is 5.56 Å². The molecule has 0 unspecified atom stereocenters. The maximum Gasteiger partial charge on any atom is 0.453 e. The van der Waals surface area contributed by atoms with Crippen LogP contribution in [0.3, 0.4) is 0 Å². The van der Waals surface area contributed by atoms with Gasteiger partial charge in [-0.1, -0.05) is 40.6 Å². The van der Waals surface area contributed by atoms with Crippen molar-refractivity contribution in [2.24, 2.45) is 10.2 Å². The maximum atomic E-state index is 11.2. The Bertz CT molecular complexity index is 463. The number of rotatable bonds is 2. The monoisotopic (exact) mass is 264 g/mol. The highest BCUT2D eigenvalue weighted by Crippen LogP contribution is 2.08. The number of azo groups is 1. The first-order valence-corrected chi connectivity index (χ1v) is 5.72. The molecule has 0 atom stereocenters. The van der Waals surface area contributed by atoms with Gasteiger partial charge in [-0.3, -0.25) is 0 Å². The summed E-state index contributed by atoms with van der Waals surface area (Å²) in [6.45, 7) is 5.14. The fourth-order valence-electron chi connectivity index (χ4n) is 1.11. The lowest BCUT2D eigenvalue weighted by atomic mass is 10.2. The Morgan fingerprint density at radius 2 is 1.63 bits per heavy atom. The van der Waals surface area contributed by atoms with Gasteiger partial charge in [-0.25, -0.2) is 9.59 Å². The van der Waals surface area contributed by atoms with E-state index in [-0.39, 0.29) is 6.61 Å². The third kappa shape index (κ3) is 6.92. The highest BCUT2D eigenvalue weighted by atomic mass is 16.6. The molecule has 0 fully saturated rings. The van der Waals surface area contributed by atoms with Crippen molar-refractivity contribution < 1.29 is 19.1 Å². The maximum absolute atomic E-state index is 11.2. The second-order valence-electron chi connectivity index (χ2n) is 4.72. The number of carbonyl (C=O) groups excluding carboxylic acids is 2. The highest BCUT2D eigenvalue weighted by molar-refractivity contribution is 5.73. The quantitative estimate of drug-likeness (QED) is 0.763. The molecular weight excluding hydrogens is 248 g/mol. The average molecular weight is 264 g/mol. The molecule has 1 rings (SSSR count). The van der Waals surface area contributed by atoms with Gasteiger partial charge in [0.1, 0.15) is 12.2 Å². The molecule has 6 heteroatoms. The van der Waals surface area contributed by atoms with Crippen LogP contribution in [0.4, 0.5) is 9.59 Å². The molecule has 1 aromatic carbocycles. The normalized spacial score (nSPS) is 11.3. The zero-order chi connectivity index (χ0) is 14.3. The van der Waals surface area contributed by atoms with Gasteiger partial charge in [0.15, 0.2) is 0 Å². The van der Waals surface area contributed by atoms with Crippen LogP contribution in [-0.2, 0) is 16.1 Å². The Labute approximate surface area is 111 Å². The van der Waals surface area contributed by atoms with Crippen LogP contribution in [-0.4, -0.2) is 17.8 Å². The summed E-state index contributed by atoms with van der Waals surface area (Å²) in [5, 5.41) is 6.22. The van der Waals surface area contributed by atoms with Crippen molar-refractivity contribution in [3.63, 3.8) is 0 Å². The van der Waals surface area contributed by atoms with E-state index >= 15 is 0 Å². The van der Waals surface area contributed by atoms with Crippen LogP contribution in [0.25, 0.3) is 0 Å². The molecule has 0 spiro atoms. The molecule has 0 saturated heterocycles. The van der Waals surface area contributed by atoms with Crippen LogP contribution in [0.5, 0.6) is 0 Å². The van der Waals surface area contributed by atoms with Crippen LogP contribution in [0.15, 0.2) is 40.6 Å². The fraction of sp³-hybridized carbons (Fsp3) is 0.385. The van der Waals surface area contributed by atoms with Crippen molar-refractivity contribution in [2.75, 3.05) is 0 Å². The Kier molecular flexibility index (Phi) is 5.17. The van der Waals surface area contributed by atoms with Gasteiger partial charge in [0.05, 0.1) is 0 Å². The van der Waals surface area contributed by atoms with Gasteiger partial charge < -0.3 is 9.47 Å². The topological polar surface area (TPSA) is 77.3 Å². The van der Waals surface area contributed by atoms with Crippen LogP contribution in [0.2, 0.25) is 0 Å². The van der Waals surface area contributed by atoms with Gasteiger partial charge in [0.25, 0.3) is 0 Å². The Balaban J connectivity index is 2.37. The van der Waals surface area contributed by atoms with E-state index in [1.807, 2.05) is 18.2 Å². The first-order valence-electron chi connectivity index (χ1n) is 5.72. The predicted octanol–water partition coefficient (Wildman–Crippen LogP) is 3.71. The Morgan fingerprint density at radius 1 is 1.05 bits per heavy atom. The number of ether oxygens (including phenoxy) is 2. The molecule has 0 aromatic heterocycles. The summed E-state index contributed by atoms with van der Waals surface area (Å²) in [4.78, 5) is 22.3. The minimum atomic E-state index is -0.935. The van der Waals surface area contributed by atoms with E-state index in [4.69, 9.17) is 9.47 Å². The third-order valence-electron chi connectivity index (χ3n) is 1.81. The lowest BCUT2D eigenvalue weighted by molar-refractivity contribution is 0.0585. The molecule has 0 aliphatic rings. The summed E-state index contributed by atoms with van der Waals surface area (Å²) in [6, 6.07) is 9.11. The van der Waals surface area contributed by atoms with Gasteiger partial charge in [-0.15, -0.1) is 0 Å². The van der Waals surface area contributed by atoms with E-state index in [1.54, 1.807) is 32.9 Å². The SMILES string of the molecule is CC(C)(C)OC(=O)N=NC(=O)OCc1ccccc1. The molecule has 102 valence electrons. The number of hydrogen-bond acceptors (Lipinski definition) is 4. The summed E-state index contributed by atoms with van der Waals surface area (Å²) < 4.78 is 9.65. The van der Waals surface area contributed by atoms with Crippen molar-refractivity contribution >= 4 is 12.2 Å². The number of amides is 2. The first-order chi connectivity index (χ1) is 8.87. The second-order valence-corrected chi connectivity index (χ2v) is 4.72. The number of benzene rings is 1. The second kappa shape index (κ2) is 6.63. The molecule has 0 aliphatic heterocycles. The van der Waals surface area contributed by atoms with E-state index in [0.29, 0.717) is 0 Å². The molecular formula is C13H16N2O4. The van der Waals surface area contributed by atoms with Gasteiger partial charge in [0, 0.05) is 0 Å². The molecule has 0 radical (unpaired) electrons. The molecule has 0 aliphatic carbocycles. The fourth-order valence-corrected chi connectivity index (χ4v) is 1.11. The third-order valence-corrected chi connectivity index (χ3v) is 1.81. The molecule has 0 saturated carbocycles. The van der Waals surface area contributed by atoms with E-state index in [2.05, 4.69) is 10.2 Å². The van der Waals surface area contributed by atoms with Crippen LogP contribution in [0.1, 0.15) is 26.3 Å². The van der Waals surface area contributed by atoms with Gasteiger partial charge in [0.2, 0.25) is 0 Å². The smallest absolute Gasteiger partial charge is 0.442 e. The average Bonchev–Trinajstić information content (AvgIpc) is 2.33. The Hall–Kier alpha value is -2.24. The van der Waals surface area contributed by atoms with E-state index in [9.17, 15) is 9.59 Å². The molecule has 0 N–H and O–H groups in total. The van der Waals surface area contributed by atoms with Crippen molar-refractivity contribution in [2.45, 2.75) is 33.0 Å². The van der Waals surface area contributed by atoms with Gasteiger partial charge in [-0.05, 0) is 26.3 Å². The van der Waals surface area contributed by atoms with Crippen LogP contribution in [0, 0.1) is 0 Å². The lowest BCUT2D eigenvalue weighted by Gasteiger charge is -2.16. The number of hydrogen-bond donors (Lipinski definition) is 0. The first kappa shape index (κ1) is 14.8. The number of carbonyl (C=O) groups is 2. The van der Waals surface area contributed by atoms with Crippen molar-refractivity contribution in [3.8, 4) is 0 Å². The summed E-state index contributed by atoms with van der Waals surface area (Å²) in [6.07, 6.45) is -1.86. The summed E-state index contributed by atoms with van der Waals surface area (Å²) in [5.74, 6) is 0. The van der Waals surface area contributed by atoms with Crippen molar-refractivity contribution in [3.05, 3.63) is 35.9 Å². The van der Waals surface area contributed by atoms with E-state index in [1.165, 1.54) is 0 Å². The highest BCUT2D eigenvalue weighted by Gasteiger charge is 2.16. The largest absolute Gasteiger partial charge is 0.453 e. The Morgan fingerprint density at radius 3 is 2.21 bits per heavy atom. The van der Waals surface area contributed by atoms with Crippen LogP contribution < -0.4 is 0 Å². The predicted molar refractivity (Wildman–Crippen MR) is 67.7 cm³/mol. The minimum absolute atomic E-state index is 0.0764. The van der Waals surface area contributed by atoms with Crippen molar-refractivity contribution in [1.82, 2.24) is 0 Å². The van der Waals surface area contributed by atoms with E-state index < -0.39 is 17.8 Å². The molecule has 2 amide bonds. The standard InChI is InChI=1S/C13H16N2O4/c1-13(2,3)19-12(17)15-14-11(16)18-9-10-7-5-4-6-8-10/h4-8H,9H2,1-3H3. The summed E-state index contributed by atoms with van der Waals surface area (Å²) in [5.41, 5.74) is 0.146. The van der Waals surface area contributed by atoms with Gasteiger partial charge >= 0.3 is 12.2 Å². The minimum Gasteiger partial charge on any atom is -0.442 e. The molecule has 0 bridgehead atoms. The zero-order valence-electron chi connectivity index (χ0n) is 11.1. The zero-order valence-corrected chi connectivity index (χ0v) is 11.1. The lowest BCUT2D eigenvalue weighted by Crippen LogP contribution is -2.21. The molecule has 19 heavy (non-hydrogen) atoms. The molecule has 1 aromatic rings. The summed E-state index contributed by atoms with van der Waals surface area (Å²) in [7, 11) is 0. The van der Waals surface area contributed by atoms with Crippen LogP contribution >= 0.6 is 0 Å². The number of nitrogens with zero attached hydrogens (tertiary/aromatic N) is 2.